The summed E-state index contributed by atoms with van der Waals surface area (Å²) in [5.41, 5.74) is 0.851. The highest BCUT2D eigenvalue weighted by atomic mass is 35.5. The number of hydrogen-bond donors (Lipinski definition) is 1. The fourth-order valence-corrected chi connectivity index (χ4v) is 3.34. The van der Waals surface area contributed by atoms with Crippen LogP contribution in [0.1, 0.15) is 5.56 Å². The lowest BCUT2D eigenvalue weighted by Crippen LogP contribution is -2.35. The molecule has 1 heterocycles. The van der Waals surface area contributed by atoms with Crippen LogP contribution in [0.2, 0.25) is 5.02 Å². The number of amides is 1. The van der Waals surface area contributed by atoms with Crippen LogP contribution < -0.4 is 4.90 Å². The number of rotatable bonds is 2. The van der Waals surface area contributed by atoms with Crippen LogP contribution in [0.25, 0.3) is 0 Å². The van der Waals surface area contributed by atoms with Gasteiger partial charge in [0.2, 0.25) is 5.91 Å². The molecule has 0 bridgehead atoms. The topological polar surface area (TPSA) is 40.5 Å². The van der Waals surface area contributed by atoms with E-state index in [9.17, 15) is 14.3 Å². The van der Waals surface area contributed by atoms with E-state index in [1.54, 1.807) is 18.2 Å². The monoisotopic (exact) mass is 323 g/mol. The van der Waals surface area contributed by atoms with E-state index in [1.165, 1.54) is 34.9 Å². The average molecular weight is 324 g/mol. The van der Waals surface area contributed by atoms with Crippen molar-refractivity contribution in [2.24, 2.45) is 0 Å². The molecule has 2 aromatic rings. The van der Waals surface area contributed by atoms with Crippen LogP contribution in [0, 0.1) is 5.82 Å². The van der Waals surface area contributed by atoms with Gasteiger partial charge >= 0.3 is 0 Å². The summed E-state index contributed by atoms with van der Waals surface area (Å²) in [5.74, 6) is -0.245. The first-order valence-corrected chi connectivity index (χ1v) is 7.61. The third kappa shape index (κ3) is 2.71. The van der Waals surface area contributed by atoms with Gasteiger partial charge in [0.15, 0.2) is 0 Å². The second-order valence-corrected chi connectivity index (χ2v) is 6.05. The van der Waals surface area contributed by atoms with E-state index in [2.05, 4.69) is 0 Å². The molecule has 1 aliphatic heterocycles. The second kappa shape index (κ2) is 5.58. The summed E-state index contributed by atoms with van der Waals surface area (Å²) in [6.45, 7) is 0.0430. The van der Waals surface area contributed by atoms with Crippen LogP contribution in [0.15, 0.2) is 41.3 Å². The van der Waals surface area contributed by atoms with Gasteiger partial charge in [0.1, 0.15) is 11.6 Å². The Balaban J connectivity index is 2.03. The van der Waals surface area contributed by atoms with E-state index < -0.39 is 5.82 Å². The molecule has 21 heavy (non-hydrogen) atoms. The number of hydrogen-bond acceptors (Lipinski definition) is 3. The van der Waals surface area contributed by atoms with Crippen LogP contribution in [-0.2, 0) is 11.3 Å². The van der Waals surface area contributed by atoms with Crippen LogP contribution in [0.4, 0.5) is 10.1 Å². The minimum atomic E-state index is -0.449. The van der Waals surface area contributed by atoms with E-state index >= 15 is 0 Å². The fraction of sp³-hybridized carbons (Fsp3) is 0.133. The smallest absolute Gasteiger partial charge is 0.237 e. The summed E-state index contributed by atoms with van der Waals surface area (Å²) in [7, 11) is 0. The Labute approximate surface area is 130 Å². The Bertz CT molecular complexity index is 703. The number of halogens is 2. The maximum Gasteiger partial charge on any atom is 0.237 e. The summed E-state index contributed by atoms with van der Waals surface area (Å²) >= 11 is 7.42. The van der Waals surface area contributed by atoms with Crippen molar-refractivity contribution in [2.45, 2.75) is 11.4 Å². The van der Waals surface area contributed by atoms with Gasteiger partial charge in [-0.3, -0.25) is 4.79 Å². The SMILES string of the molecule is O=C1CSc2ccc(O)cc2N1Cc1c(F)cccc1Cl. The molecular formula is C15H11ClFNO2S. The summed E-state index contributed by atoms with van der Waals surface area (Å²) in [5, 5.41) is 9.90. The maximum atomic E-state index is 13.9. The number of benzene rings is 2. The van der Waals surface area contributed by atoms with Gasteiger partial charge in [0.05, 0.1) is 18.0 Å². The van der Waals surface area contributed by atoms with Crippen LogP contribution in [0.5, 0.6) is 5.75 Å². The van der Waals surface area contributed by atoms with Gasteiger partial charge in [-0.1, -0.05) is 17.7 Å². The molecule has 0 aliphatic carbocycles. The average Bonchev–Trinajstić information content (AvgIpc) is 2.45. The van der Waals surface area contributed by atoms with Crippen LogP contribution in [0.3, 0.4) is 0 Å². The van der Waals surface area contributed by atoms with Gasteiger partial charge < -0.3 is 10.0 Å². The number of fused-ring (bicyclic) bond motifs is 1. The molecule has 0 saturated carbocycles. The van der Waals surface area contributed by atoms with Gasteiger partial charge in [-0.15, -0.1) is 11.8 Å². The predicted octanol–water partition coefficient (Wildman–Crippen LogP) is 3.82. The molecule has 1 N–H and O–H groups in total. The quantitative estimate of drug-likeness (QED) is 0.913. The number of nitrogens with zero attached hydrogens (tertiary/aromatic N) is 1. The lowest BCUT2D eigenvalue weighted by atomic mass is 10.1. The largest absolute Gasteiger partial charge is 0.508 e. The standard InChI is InChI=1S/C15H11ClFNO2S/c16-11-2-1-3-12(17)10(11)7-18-13-6-9(19)4-5-14(13)21-8-15(18)20/h1-6,19H,7-8H2. The van der Waals surface area contributed by atoms with E-state index in [4.69, 9.17) is 11.6 Å². The molecule has 0 radical (unpaired) electrons. The molecule has 0 atom stereocenters. The molecule has 1 amide bonds. The fourth-order valence-electron chi connectivity index (χ4n) is 2.21. The molecule has 2 aromatic carbocycles. The molecule has 1 aliphatic rings. The number of phenols is 1. The van der Waals surface area contributed by atoms with E-state index in [0.717, 1.165) is 4.90 Å². The molecule has 108 valence electrons. The first-order valence-electron chi connectivity index (χ1n) is 6.25. The molecule has 3 nitrogen and oxygen atoms in total. The van der Waals surface area contributed by atoms with Crippen molar-refractivity contribution in [1.82, 2.24) is 0 Å². The van der Waals surface area contributed by atoms with Crippen LogP contribution in [-0.4, -0.2) is 16.8 Å². The third-order valence-corrected chi connectivity index (χ3v) is 4.67. The van der Waals surface area contributed by atoms with Crippen molar-refractivity contribution in [3.63, 3.8) is 0 Å². The number of carbonyl (C=O) groups excluding carboxylic acids is 1. The minimum absolute atomic E-state index is 0.0430. The highest BCUT2D eigenvalue weighted by Crippen LogP contribution is 2.38. The molecular weight excluding hydrogens is 313 g/mol. The molecule has 0 unspecified atom stereocenters. The molecule has 0 spiro atoms. The zero-order valence-corrected chi connectivity index (χ0v) is 12.4. The summed E-state index contributed by atoms with van der Waals surface area (Å²) < 4.78 is 13.9. The summed E-state index contributed by atoms with van der Waals surface area (Å²) in [6, 6.07) is 9.25. The van der Waals surface area contributed by atoms with Gasteiger partial charge in [0.25, 0.3) is 0 Å². The van der Waals surface area contributed by atoms with Gasteiger partial charge in [-0.25, -0.2) is 4.39 Å². The predicted molar refractivity (Wildman–Crippen MR) is 81.4 cm³/mol. The first kappa shape index (κ1) is 14.2. The third-order valence-electron chi connectivity index (χ3n) is 3.26. The number of thioether (sulfide) groups is 1. The Morgan fingerprint density at radius 3 is 2.90 bits per heavy atom. The molecule has 0 aromatic heterocycles. The summed E-state index contributed by atoms with van der Waals surface area (Å²) in [6.07, 6.45) is 0. The van der Waals surface area contributed by atoms with Gasteiger partial charge in [-0.05, 0) is 24.3 Å². The van der Waals surface area contributed by atoms with Crippen LogP contribution >= 0.6 is 23.4 Å². The van der Waals surface area contributed by atoms with E-state index in [-0.39, 0.29) is 34.5 Å². The number of aromatic hydroxyl groups is 1. The first-order chi connectivity index (χ1) is 10.1. The highest BCUT2D eigenvalue weighted by Gasteiger charge is 2.26. The zero-order chi connectivity index (χ0) is 15.0. The van der Waals surface area contributed by atoms with Gasteiger partial charge in [0, 0.05) is 21.5 Å². The Kier molecular flexibility index (Phi) is 3.78. The second-order valence-electron chi connectivity index (χ2n) is 4.62. The van der Waals surface area contributed by atoms with Crippen molar-refractivity contribution in [3.05, 3.63) is 52.8 Å². The van der Waals surface area contributed by atoms with Gasteiger partial charge in [-0.2, -0.15) is 0 Å². The van der Waals surface area contributed by atoms with E-state index in [1.807, 2.05) is 0 Å². The zero-order valence-electron chi connectivity index (χ0n) is 10.8. The Morgan fingerprint density at radius 1 is 1.33 bits per heavy atom. The van der Waals surface area contributed by atoms with Crippen molar-refractivity contribution >= 4 is 35.0 Å². The van der Waals surface area contributed by atoms with E-state index in [0.29, 0.717) is 5.69 Å². The Hall–Kier alpha value is -1.72. The lowest BCUT2D eigenvalue weighted by Gasteiger charge is -2.29. The molecule has 0 fully saturated rings. The molecule has 6 heteroatoms. The number of phenolic OH excluding ortho intramolecular Hbond substituents is 1. The van der Waals surface area contributed by atoms with Crippen molar-refractivity contribution in [2.75, 3.05) is 10.7 Å². The number of anilines is 1. The normalized spacial score (nSPS) is 14.2. The number of carbonyl (C=O) groups is 1. The maximum absolute atomic E-state index is 13.9. The minimum Gasteiger partial charge on any atom is -0.508 e. The van der Waals surface area contributed by atoms with Crippen molar-refractivity contribution < 1.29 is 14.3 Å². The van der Waals surface area contributed by atoms with Crippen molar-refractivity contribution in [1.29, 1.82) is 0 Å². The molecule has 0 saturated heterocycles. The Morgan fingerprint density at radius 2 is 2.14 bits per heavy atom. The lowest BCUT2D eigenvalue weighted by molar-refractivity contribution is -0.116. The van der Waals surface area contributed by atoms with Crippen molar-refractivity contribution in [3.8, 4) is 5.75 Å². The summed E-state index contributed by atoms with van der Waals surface area (Å²) in [4.78, 5) is 14.5. The molecule has 3 rings (SSSR count). The highest BCUT2D eigenvalue weighted by molar-refractivity contribution is 8.00.